The van der Waals surface area contributed by atoms with Gasteiger partial charge in [-0.05, 0) is 55.8 Å². The number of halogens is 2. The first-order valence-corrected chi connectivity index (χ1v) is 6.85. The molecule has 0 bridgehead atoms. The predicted molar refractivity (Wildman–Crippen MR) is 69.5 cm³/mol. The van der Waals surface area contributed by atoms with E-state index in [4.69, 9.17) is 0 Å². The molecule has 1 fully saturated rings. The van der Waals surface area contributed by atoms with Gasteiger partial charge in [0.15, 0.2) is 0 Å². The Morgan fingerprint density at radius 3 is 2.44 bits per heavy atom. The van der Waals surface area contributed by atoms with E-state index in [-0.39, 0.29) is 0 Å². The topological polar surface area (TPSA) is 12.0 Å². The van der Waals surface area contributed by atoms with Crippen molar-refractivity contribution < 1.29 is 8.78 Å². The summed E-state index contributed by atoms with van der Waals surface area (Å²) in [6.07, 6.45) is 5.50. The van der Waals surface area contributed by atoms with E-state index in [1.54, 1.807) is 0 Å². The van der Waals surface area contributed by atoms with Crippen LogP contribution in [0.2, 0.25) is 0 Å². The molecule has 100 valence electrons. The molecule has 0 aromatic heterocycles. The highest BCUT2D eigenvalue weighted by Crippen LogP contribution is 2.21. The van der Waals surface area contributed by atoms with Crippen LogP contribution in [0.5, 0.6) is 0 Å². The molecule has 0 heterocycles. The summed E-state index contributed by atoms with van der Waals surface area (Å²) < 4.78 is 26.3. The molecule has 0 saturated heterocycles. The molecule has 1 nitrogen and oxygen atoms in total. The van der Waals surface area contributed by atoms with Gasteiger partial charge in [-0.2, -0.15) is 0 Å². The number of nitrogens with one attached hydrogen (secondary N) is 1. The Balaban J connectivity index is 1.92. The van der Waals surface area contributed by atoms with Crippen LogP contribution in [-0.4, -0.2) is 12.6 Å². The average molecular weight is 253 g/mol. The van der Waals surface area contributed by atoms with E-state index in [0.717, 1.165) is 37.4 Å². The van der Waals surface area contributed by atoms with Gasteiger partial charge in [-0.1, -0.05) is 13.3 Å². The highest BCUT2D eigenvalue weighted by molar-refractivity contribution is 5.18. The standard InChI is InChI=1S/C15H21F2N/c1-2-3-11(10-18-15-4-5-15)6-12-7-13(16)9-14(17)8-12/h7-9,11,15,18H,2-6,10H2,1H3. The number of benzene rings is 1. The molecule has 1 aliphatic rings. The van der Waals surface area contributed by atoms with Gasteiger partial charge in [-0.3, -0.25) is 0 Å². The molecule has 1 unspecified atom stereocenters. The van der Waals surface area contributed by atoms with Gasteiger partial charge in [0.2, 0.25) is 0 Å². The van der Waals surface area contributed by atoms with Crippen LogP contribution in [0.1, 0.15) is 38.2 Å². The smallest absolute Gasteiger partial charge is 0.126 e. The fourth-order valence-corrected chi connectivity index (χ4v) is 2.37. The van der Waals surface area contributed by atoms with E-state index >= 15 is 0 Å². The van der Waals surface area contributed by atoms with Crippen LogP contribution in [0.3, 0.4) is 0 Å². The summed E-state index contributed by atoms with van der Waals surface area (Å²) in [7, 11) is 0. The third-order valence-corrected chi connectivity index (χ3v) is 3.42. The quantitative estimate of drug-likeness (QED) is 0.781. The number of rotatable bonds is 7. The normalized spacial score (nSPS) is 16.8. The molecule has 0 amide bonds. The third kappa shape index (κ3) is 4.37. The molecule has 3 heteroatoms. The average Bonchev–Trinajstić information content (AvgIpc) is 3.08. The van der Waals surface area contributed by atoms with E-state index in [9.17, 15) is 8.78 Å². The highest BCUT2D eigenvalue weighted by Gasteiger charge is 2.21. The van der Waals surface area contributed by atoms with Crippen LogP contribution in [0.4, 0.5) is 8.78 Å². The van der Waals surface area contributed by atoms with Gasteiger partial charge in [0.1, 0.15) is 11.6 Å². The van der Waals surface area contributed by atoms with Crippen molar-refractivity contribution in [2.45, 2.75) is 45.1 Å². The van der Waals surface area contributed by atoms with Gasteiger partial charge in [0.05, 0.1) is 0 Å². The van der Waals surface area contributed by atoms with Crippen LogP contribution in [-0.2, 0) is 6.42 Å². The molecule has 1 aromatic carbocycles. The minimum atomic E-state index is -0.476. The Kier molecular flexibility index (Phi) is 4.70. The van der Waals surface area contributed by atoms with E-state index in [1.165, 1.54) is 25.0 Å². The van der Waals surface area contributed by atoms with Crippen molar-refractivity contribution in [3.05, 3.63) is 35.4 Å². The zero-order valence-electron chi connectivity index (χ0n) is 10.9. The highest BCUT2D eigenvalue weighted by atomic mass is 19.1. The van der Waals surface area contributed by atoms with Crippen molar-refractivity contribution >= 4 is 0 Å². The Morgan fingerprint density at radius 1 is 1.22 bits per heavy atom. The van der Waals surface area contributed by atoms with Gasteiger partial charge < -0.3 is 5.32 Å². The van der Waals surface area contributed by atoms with Crippen molar-refractivity contribution in [1.82, 2.24) is 5.32 Å². The summed E-state index contributed by atoms with van der Waals surface area (Å²) in [5, 5.41) is 3.50. The first-order valence-electron chi connectivity index (χ1n) is 6.85. The predicted octanol–water partition coefficient (Wildman–Crippen LogP) is 3.68. The molecule has 1 N–H and O–H groups in total. The van der Waals surface area contributed by atoms with Gasteiger partial charge in [-0.15, -0.1) is 0 Å². The maximum Gasteiger partial charge on any atom is 0.126 e. The van der Waals surface area contributed by atoms with E-state index in [0.29, 0.717) is 12.0 Å². The maximum absolute atomic E-state index is 13.1. The summed E-state index contributed by atoms with van der Waals surface area (Å²) in [5.74, 6) is -0.484. The van der Waals surface area contributed by atoms with Crippen LogP contribution in [0.15, 0.2) is 18.2 Å². The van der Waals surface area contributed by atoms with Crippen molar-refractivity contribution in [2.24, 2.45) is 5.92 Å². The summed E-state index contributed by atoms with van der Waals surface area (Å²) in [5.41, 5.74) is 0.767. The molecular formula is C15H21F2N. The van der Waals surface area contributed by atoms with E-state index in [1.807, 2.05) is 0 Å². The molecule has 1 atom stereocenters. The Labute approximate surface area is 108 Å². The zero-order chi connectivity index (χ0) is 13.0. The van der Waals surface area contributed by atoms with Gasteiger partial charge in [0.25, 0.3) is 0 Å². The first-order chi connectivity index (χ1) is 8.67. The molecule has 2 rings (SSSR count). The Hall–Kier alpha value is -0.960. The molecule has 1 aromatic rings. The molecular weight excluding hydrogens is 232 g/mol. The molecule has 1 saturated carbocycles. The minimum Gasteiger partial charge on any atom is -0.314 e. The lowest BCUT2D eigenvalue weighted by Gasteiger charge is -2.17. The number of hydrogen-bond donors (Lipinski definition) is 1. The van der Waals surface area contributed by atoms with E-state index < -0.39 is 11.6 Å². The fourth-order valence-electron chi connectivity index (χ4n) is 2.37. The molecule has 18 heavy (non-hydrogen) atoms. The van der Waals surface area contributed by atoms with Crippen LogP contribution >= 0.6 is 0 Å². The van der Waals surface area contributed by atoms with Crippen molar-refractivity contribution in [3.63, 3.8) is 0 Å². The van der Waals surface area contributed by atoms with Gasteiger partial charge in [-0.25, -0.2) is 8.78 Å². The van der Waals surface area contributed by atoms with Crippen LogP contribution in [0, 0.1) is 17.6 Å². The summed E-state index contributed by atoms with van der Waals surface area (Å²) in [4.78, 5) is 0. The van der Waals surface area contributed by atoms with Crippen LogP contribution in [0.25, 0.3) is 0 Å². The minimum absolute atomic E-state index is 0.469. The van der Waals surface area contributed by atoms with Crippen molar-refractivity contribution in [2.75, 3.05) is 6.54 Å². The second kappa shape index (κ2) is 6.28. The van der Waals surface area contributed by atoms with Crippen LogP contribution < -0.4 is 5.32 Å². The lowest BCUT2D eigenvalue weighted by Crippen LogP contribution is -2.26. The van der Waals surface area contributed by atoms with Crippen molar-refractivity contribution in [1.29, 1.82) is 0 Å². The summed E-state index contributed by atoms with van der Waals surface area (Å²) >= 11 is 0. The molecule has 0 aliphatic heterocycles. The largest absolute Gasteiger partial charge is 0.314 e. The second-order valence-electron chi connectivity index (χ2n) is 5.32. The Morgan fingerprint density at radius 2 is 1.89 bits per heavy atom. The molecule has 0 spiro atoms. The second-order valence-corrected chi connectivity index (χ2v) is 5.32. The SMILES string of the molecule is CCCC(CNC1CC1)Cc1cc(F)cc(F)c1. The van der Waals surface area contributed by atoms with E-state index in [2.05, 4.69) is 12.2 Å². The molecule has 0 radical (unpaired) electrons. The zero-order valence-corrected chi connectivity index (χ0v) is 10.9. The maximum atomic E-state index is 13.1. The summed E-state index contributed by atoms with van der Waals surface area (Å²) in [6.45, 7) is 3.10. The number of hydrogen-bond acceptors (Lipinski definition) is 1. The van der Waals surface area contributed by atoms with Crippen molar-refractivity contribution in [3.8, 4) is 0 Å². The lowest BCUT2D eigenvalue weighted by atomic mass is 9.95. The Bertz CT molecular complexity index is 368. The van der Waals surface area contributed by atoms with Gasteiger partial charge in [0, 0.05) is 12.1 Å². The van der Waals surface area contributed by atoms with Gasteiger partial charge >= 0.3 is 0 Å². The lowest BCUT2D eigenvalue weighted by molar-refractivity contribution is 0.435. The third-order valence-electron chi connectivity index (χ3n) is 3.42. The molecule has 1 aliphatic carbocycles. The first kappa shape index (κ1) is 13.5. The summed E-state index contributed by atoms with van der Waals surface area (Å²) in [6, 6.07) is 4.51. The fraction of sp³-hybridized carbons (Fsp3) is 0.600. The monoisotopic (exact) mass is 253 g/mol.